The highest BCUT2D eigenvalue weighted by molar-refractivity contribution is 7.47. The summed E-state index contributed by atoms with van der Waals surface area (Å²) in [5.74, 6) is -0.873. The maximum atomic E-state index is 12.4. The number of esters is 2. The second-order valence-electron chi connectivity index (χ2n) is 11.5. The van der Waals surface area contributed by atoms with Crippen LogP contribution in [0.2, 0.25) is 0 Å². The topological polar surface area (TPSA) is 108 Å². The Morgan fingerprint density at radius 1 is 0.596 bits per heavy atom. The maximum absolute atomic E-state index is 12.4. The molecule has 47 heavy (non-hydrogen) atoms. The van der Waals surface area contributed by atoms with Crippen LogP contribution in [0.25, 0.3) is 0 Å². The van der Waals surface area contributed by atoms with Crippen LogP contribution in [0.4, 0.5) is 0 Å². The van der Waals surface area contributed by atoms with Gasteiger partial charge in [0.1, 0.15) is 6.61 Å². The molecule has 0 saturated carbocycles. The molecule has 0 bridgehead atoms. The van der Waals surface area contributed by atoms with Crippen molar-refractivity contribution in [2.24, 2.45) is 0 Å². The number of ether oxygens (including phenoxy) is 2. The first-order chi connectivity index (χ1) is 22.8. The van der Waals surface area contributed by atoms with Crippen molar-refractivity contribution >= 4 is 19.8 Å². The van der Waals surface area contributed by atoms with Crippen LogP contribution in [-0.2, 0) is 32.7 Å². The summed E-state index contributed by atoms with van der Waals surface area (Å²) < 4.78 is 32.4. The number of hydrogen-bond donors (Lipinski definition) is 1. The fourth-order valence-electron chi connectivity index (χ4n) is 4.49. The van der Waals surface area contributed by atoms with Gasteiger partial charge in [0, 0.05) is 12.8 Å². The molecule has 0 aromatic carbocycles. The minimum absolute atomic E-state index is 0.0120. The third-order valence-corrected chi connectivity index (χ3v) is 8.15. The van der Waals surface area contributed by atoms with Gasteiger partial charge in [-0.2, -0.15) is 0 Å². The first-order valence-electron chi connectivity index (χ1n) is 18.1. The van der Waals surface area contributed by atoms with Crippen LogP contribution in [-0.4, -0.2) is 42.8 Å². The van der Waals surface area contributed by atoms with Crippen LogP contribution in [0, 0.1) is 0 Å². The minimum Gasteiger partial charge on any atom is -0.462 e. The number of phosphoric ester groups is 1. The number of carbonyl (C=O) groups excluding carboxylic acids is 2. The SMILES string of the molecule is CC/C=C\C/C=C\C/C=C\C/C=C\C/C=C\CCCC(=O)OC(COC(=O)CCCCCCCCCCCC)COP(=O)(O)OCC. The normalized spacial score (nSPS) is 14.2. The molecule has 0 saturated heterocycles. The third-order valence-electron chi connectivity index (χ3n) is 7.09. The van der Waals surface area contributed by atoms with Gasteiger partial charge in [0.25, 0.3) is 0 Å². The molecular formula is C38H65O8P. The highest BCUT2D eigenvalue weighted by Crippen LogP contribution is 2.43. The van der Waals surface area contributed by atoms with Crippen molar-refractivity contribution in [2.45, 2.75) is 149 Å². The van der Waals surface area contributed by atoms with Crippen LogP contribution in [0.3, 0.4) is 0 Å². The van der Waals surface area contributed by atoms with Crippen molar-refractivity contribution in [3.63, 3.8) is 0 Å². The second-order valence-corrected chi connectivity index (χ2v) is 13.0. The monoisotopic (exact) mass is 680 g/mol. The summed E-state index contributed by atoms with van der Waals surface area (Å²) in [7, 11) is -4.29. The van der Waals surface area contributed by atoms with Gasteiger partial charge in [0.05, 0.1) is 13.2 Å². The molecule has 2 atom stereocenters. The van der Waals surface area contributed by atoms with E-state index in [2.05, 4.69) is 68.5 Å². The van der Waals surface area contributed by atoms with Crippen molar-refractivity contribution in [2.75, 3.05) is 19.8 Å². The Morgan fingerprint density at radius 2 is 1.09 bits per heavy atom. The Kier molecular flexibility index (Phi) is 32.0. The Balaban J connectivity index is 4.30. The molecule has 0 spiro atoms. The van der Waals surface area contributed by atoms with E-state index in [1.54, 1.807) is 6.92 Å². The molecule has 0 heterocycles. The molecular weight excluding hydrogens is 615 g/mol. The molecule has 0 fully saturated rings. The lowest BCUT2D eigenvalue weighted by Crippen LogP contribution is -2.29. The number of unbranched alkanes of at least 4 members (excludes halogenated alkanes) is 10. The summed E-state index contributed by atoms with van der Waals surface area (Å²) in [4.78, 5) is 34.5. The lowest BCUT2D eigenvalue weighted by molar-refractivity contribution is -0.161. The quantitative estimate of drug-likeness (QED) is 0.0324. The molecule has 0 amide bonds. The summed E-state index contributed by atoms with van der Waals surface area (Å²) in [6.45, 7) is 5.24. The van der Waals surface area contributed by atoms with E-state index >= 15 is 0 Å². The highest BCUT2D eigenvalue weighted by atomic mass is 31.2. The largest absolute Gasteiger partial charge is 0.472 e. The number of phosphoric acid groups is 1. The number of carbonyl (C=O) groups is 2. The van der Waals surface area contributed by atoms with E-state index in [1.807, 2.05) is 6.08 Å². The second kappa shape index (κ2) is 33.6. The van der Waals surface area contributed by atoms with Gasteiger partial charge in [0.2, 0.25) is 0 Å². The highest BCUT2D eigenvalue weighted by Gasteiger charge is 2.25. The Hall–Kier alpha value is -2.25. The van der Waals surface area contributed by atoms with E-state index in [0.717, 1.165) is 51.4 Å². The van der Waals surface area contributed by atoms with Crippen LogP contribution in [0.15, 0.2) is 60.8 Å². The molecule has 270 valence electrons. The molecule has 2 unspecified atom stereocenters. The van der Waals surface area contributed by atoms with Gasteiger partial charge in [-0.15, -0.1) is 0 Å². The van der Waals surface area contributed by atoms with Crippen LogP contribution in [0.5, 0.6) is 0 Å². The van der Waals surface area contributed by atoms with E-state index in [1.165, 1.54) is 44.9 Å². The first kappa shape index (κ1) is 44.8. The van der Waals surface area contributed by atoms with Gasteiger partial charge in [-0.1, -0.05) is 132 Å². The molecule has 0 aromatic heterocycles. The zero-order valence-electron chi connectivity index (χ0n) is 29.7. The van der Waals surface area contributed by atoms with Crippen LogP contribution in [0.1, 0.15) is 143 Å². The van der Waals surface area contributed by atoms with Gasteiger partial charge in [-0.3, -0.25) is 18.6 Å². The lowest BCUT2D eigenvalue weighted by Gasteiger charge is -2.19. The lowest BCUT2D eigenvalue weighted by atomic mass is 10.1. The van der Waals surface area contributed by atoms with Crippen LogP contribution < -0.4 is 0 Å². The van der Waals surface area contributed by atoms with E-state index < -0.39 is 26.5 Å². The summed E-state index contributed by atoms with van der Waals surface area (Å²) in [6, 6.07) is 0. The predicted molar refractivity (Wildman–Crippen MR) is 193 cm³/mol. The third kappa shape index (κ3) is 33.4. The fourth-order valence-corrected chi connectivity index (χ4v) is 5.24. The summed E-state index contributed by atoms with van der Waals surface area (Å²) in [5.41, 5.74) is 0. The van der Waals surface area contributed by atoms with E-state index in [4.69, 9.17) is 18.5 Å². The molecule has 0 aliphatic heterocycles. The van der Waals surface area contributed by atoms with E-state index in [0.29, 0.717) is 12.8 Å². The van der Waals surface area contributed by atoms with Crippen molar-refractivity contribution in [3.05, 3.63) is 60.8 Å². The fraction of sp³-hybridized carbons (Fsp3) is 0.684. The van der Waals surface area contributed by atoms with Gasteiger partial charge in [-0.05, 0) is 58.3 Å². The van der Waals surface area contributed by atoms with E-state index in [9.17, 15) is 19.0 Å². The predicted octanol–water partition coefficient (Wildman–Crippen LogP) is 10.8. The van der Waals surface area contributed by atoms with Gasteiger partial charge >= 0.3 is 19.8 Å². The van der Waals surface area contributed by atoms with Crippen molar-refractivity contribution in [1.82, 2.24) is 0 Å². The molecule has 9 heteroatoms. The molecule has 0 aliphatic carbocycles. The summed E-state index contributed by atoms with van der Waals surface area (Å²) in [6.07, 6.45) is 38.6. The molecule has 0 aromatic rings. The maximum Gasteiger partial charge on any atom is 0.472 e. The molecule has 1 N–H and O–H groups in total. The summed E-state index contributed by atoms with van der Waals surface area (Å²) in [5, 5.41) is 0. The van der Waals surface area contributed by atoms with Gasteiger partial charge in [-0.25, -0.2) is 4.57 Å². The average Bonchev–Trinajstić information content (AvgIpc) is 3.04. The number of allylic oxidation sites excluding steroid dienone is 10. The van der Waals surface area contributed by atoms with E-state index in [-0.39, 0.29) is 32.0 Å². The van der Waals surface area contributed by atoms with Crippen molar-refractivity contribution in [1.29, 1.82) is 0 Å². The summed E-state index contributed by atoms with van der Waals surface area (Å²) >= 11 is 0. The van der Waals surface area contributed by atoms with Crippen LogP contribution >= 0.6 is 7.82 Å². The molecule has 8 nitrogen and oxygen atoms in total. The van der Waals surface area contributed by atoms with Gasteiger partial charge in [0.15, 0.2) is 6.10 Å². The average molecular weight is 681 g/mol. The zero-order valence-corrected chi connectivity index (χ0v) is 30.6. The first-order valence-corrected chi connectivity index (χ1v) is 19.6. The minimum atomic E-state index is -4.29. The molecule has 0 rings (SSSR count). The smallest absolute Gasteiger partial charge is 0.462 e. The zero-order chi connectivity index (χ0) is 34.7. The molecule has 0 aliphatic rings. The van der Waals surface area contributed by atoms with Gasteiger partial charge < -0.3 is 14.4 Å². The van der Waals surface area contributed by atoms with Crippen molar-refractivity contribution < 1.29 is 37.6 Å². The Morgan fingerprint density at radius 3 is 1.62 bits per heavy atom. The number of hydrogen-bond acceptors (Lipinski definition) is 7. The standard InChI is InChI=1S/C38H65O8P/c1-4-7-9-11-13-15-17-18-19-20-21-22-23-25-27-29-31-33-38(40)46-36(35-45-47(41,42)44-6-3)34-43-37(39)32-30-28-26-24-16-14-12-10-8-5-2/h7,9,13,15,18-19,21-22,25,27,36H,4-6,8,10-12,14,16-17,20,23-24,26,28-35H2,1-3H3,(H,41,42)/b9-7-,15-13-,19-18-,22-21-,27-25-. The van der Waals surface area contributed by atoms with Crippen molar-refractivity contribution in [3.8, 4) is 0 Å². The Labute approximate surface area is 286 Å². The Bertz CT molecular complexity index is 953. The number of rotatable bonds is 32. The molecule has 0 radical (unpaired) electrons.